The largest absolute Gasteiger partial charge is 0.480 e. The zero-order valence-electron chi connectivity index (χ0n) is 12.8. The molecular weight excluding hydrogens is 296 g/mol. The number of benzene rings is 1. The molecular formula is C16H18N4O3. The van der Waals surface area contributed by atoms with Crippen molar-refractivity contribution in [2.45, 2.75) is 38.4 Å². The molecule has 0 spiro atoms. The number of aromatic nitrogens is 3. The number of amides is 1. The predicted molar refractivity (Wildman–Crippen MR) is 82.4 cm³/mol. The molecule has 1 heterocycles. The number of aliphatic carboxylic acids is 1. The van der Waals surface area contributed by atoms with Gasteiger partial charge in [-0.3, -0.25) is 4.79 Å². The molecule has 7 nitrogen and oxygen atoms in total. The summed E-state index contributed by atoms with van der Waals surface area (Å²) in [5.74, 6) is -1.24. The van der Waals surface area contributed by atoms with E-state index in [1.807, 2.05) is 30.3 Å². The third-order valence-electron chi connectivity index (χ3n) is 3.91. The van der Waals surface area contributed by atoms with E-state index in [1.165, 1.54) is 16.5 Å². The zero-order chi connectivity index (χ0) is 16.4. The van der Waals surface area contributed by atoms with Gasteiger partial charge in [-0.2, -0.15) is 0 Å². The van der Waals surface area contributed by atoms with E-state index in [2.05, 4.69) is 10.3 Å². The van der Waals surface area contributed by atoms with Gasteiger partial charge in [0.2, 0.25) is 5.91 Å². The lowest BCUT2D eigenvalue weighted by Crippen LogP contribution is -2.46. The van der Waals surface area contributed by atoms with Gasteiger partial charge in [-0.15, -0.1) is 5.10 Å². The molecule has 3 rings (SSSR count). The minimum absolute atomic E-state index is 0.00600. The van der Waals surface area contributed by atoms with Crippen LogP contribution in [0, 0.1) is 0 Å². The Labute approximate surface area is 133 Å². The lowest BCUT2D eigenvalue weighted by atomic mass is 10.2. The Balaban J connectivity index is 1.72. The minimum Gasteiger partial charge on any atom is -0.480 e. The number of carbonyl (C=O) groups excluding carboxylic acids is 1. The second kappa shape index (κ2) is 6.20. The van der Waals surface area contributed by atoms with Crippen LogP contribution in [0.1, 0.15) is 19.8 Å². The lowest BCUT2D eigenvalue weighted by molar-refractivity contribution is -0.150. The van der Waals surface area contributed by atoms with Gasteiger partial charge in [0.05, 0.1) is 6.20 Å². The van der Waals surface area contributed by atoms with Gasteiger partial charge >= 0.3 is 5.97 Å². The topological polar surface area (TPSA) is 88.3 Å². The predicted octanol–water partition coefficient (Wildman–Crippen LogP) is 1.41. The van der Waals surface area contributed by atoms with E-state index < -0.39 is 12.0 Å². The maximum Gasteiger partial charge on any atom is 0.326 e. The molecule has 0 aliphatic heterocycles. The number of carbonyl (C=O) groups is 2. The fraction of sp³-hybridized carbons (Fsp3) is 0.375. The molecule has 2 aromatic rings. The molecule has 1 aliphatic rings. The fourth-order valence-electron chi connectivity index (χ4n) is 2.54. The summed E-state index contributed by atoms with van der Waals surface area (Å²) in [4.78, 5) is 25.1. The second-order valence-electron chi connectivity index (χ2n) is 5.71. The molecule has 1 aliphatic carbocycles. The van der Waals surface area contributed by atoms with Crippen LogP contribution in [0.3, 0.4) is 0 Å². The fourth-order valence-corrected chi connectivity index (χ4v) is 2.54. The first-order valence-electron chi connectivity index (χ1n) is 7.56. The van der Waals surface area contributed by atoms with Gasteiger partial charge in [-0.05, 0) is 19.8 Å². The standard InChI is InChI=1S/C16H18N4O3/c1-11(16(22)23)20(13-7-8-13)15(21)10-19-9-14(17-18-19)12-5-3-2-4-6-12/h2-6,9,11,13H,7-8,10H2,1H3,(H,22,23). The Bertz CT molecular complexity index is 709. The van der Waals surface area contributed by atoms with Crippen LogP contribution in [-0.4, -0.2) is 49.0 Å². The summed E-state index contributed by atoms with van der Waals surface area (Å²) < 4.78 is 1.45. The van der Waals surface area contributed by atoms with Crippen molar-refractivity contribution in [2.24, 2.45) is 0 Å². The number of carboxylic acid groups (broad SMARTS) is 1. The zero-order valence-corrected chi connectivity index (χ0v) is 12.8. The summed E-state index contributed by atoms with van der Waals surface area (Å²) in [5.41, 5.74) is 1.60. The molecule has 0 radical (unpaired) electrons. The van der Waals surface area contributed by atoms with Crippen LogP contribution in [-0.2, 0) is 16.1 Å². The Hall–Kier alpha value is -2.70. The SMILES string of the molecule is CC(C(=O)O)N(C(=O)Cn1cc(-c2ccccc2)nn1)C1CC1. The van der Waals surface area contributed by atoms with Crippen molar-refractivity contribution in [3.8, 4) is 11.3 Å². The number of carboxylic acids is 1. The first kappa shape index (κ1) is 15.2. The summed E-state index contributed by atoms with van der Waals surface area (Å²) >= 11 is 0. The Morgan fingerprint density at radius 3 is 2.65 bits per heavy atom. The van der Waals surface area contributed by atoms with Crippen LogP contribution in [0.4, 0.5) is 0 Å². The third kappa shape index (κ3) is 3.39. The van der Waals surface area contributed by atoms with Gasteiger partial charge < -0.3 is 10.0 Å². The van der Waals surface area contributed by atoms with Crippen molar-refractivity contribution in [3.63, 3.8) is 0 Å². The number of rotatable bonds is 6. The van der Waals surface area contributed by atoms with Gasteiger partial charge in [0.1, 0.15) is 18.3 Å². The van der Waals surface area contributed by atoms with E-state index >= 15 is 0 Å². The van der Waals surface area contributed by atoms with Crippen LogP contribution in [0.2, 0.25) is 0 Å². The highest BCUT2D eigenvalue weighted by atomic mass is 16.4. The van der Waals surface area contributed by atoms with E-state index in [-0.39, 0.29) is 18.5 Å². The average Bonchev–Trinajstić information content (AvgIpc) is 3.26. The molecule has 1 N–H and O–H groups in total. The Morgan fingerprint density at radius 2 is 2.04 bits per heavy atom. The van der Waals surface area contributed by atoms with E-state index in [9.17, 15) is 9.59 Å². The first-order chi connectivity index (χ1) is 11.1. The summed E-state index contributed by atoms with van der Waals surface area (Å²) in [6.07, 6.45) is 3.41. The van der Waals surface area contributed by atoms with E-state index in [1.54, 1.807) is 6.20 Å². The van der Waals surface area contributed by atoms with Gasteiger partial charge in [0.25, 0.3) is 0 Å². The molecule has 23 heavy (non-hydrogen) atoms. The van der Waals surface area contributed by atoms with Crippen LogP contribution in [0.5, 0.6) is 0 Å². The van der Waals surface area contributed by atoms with Crippen LogP contribution in [0.25, 0.3) is 11.3 Å². The van der Waals surface area contributed by atoms with Gasteiger partial charge in [-0.25, -0.2) is 9.48 Å². The Morgan fingerprint density at radius 1 is 1.35 bits per heavy atom. The number of hydrogen-bond donors (Lipinski definition) is 1. The summed E-state index contributed by atoms with van der Waals surface area (Å²) in [6.45, 7) is 1.53. The Kier molecular flexibility index (Phi) is 4.10. The lowest BCUT2D eigenvalue weighted by Gasteiger charge is -2.26. The van der Waals surface area contributed by atoms with Gasteiger partial charge in [-0.1, -0.05) is 35.5 Å². The molecule has 1 saturated carbocycles. The first-order valence-corrected chi connectivity index (χ1v) is 7.56. The molecule has 0 saturated heterocycles. The van der Waals surface area contributed by atoms with Crippen molar-refractivity contribution < 1.29 is 14.7 Å². The van der Waals surface area contributed by atoms with Crippen molar-refractivity contribution in [3.05, 3.63) is 36.5 Å². The highest BCUT2D eigenvalue weighted by molar-refractivity contribution is 5.83. The summed E-state index contributed by atoms with van der Waals surface area (Å²) in [5, 5.41) is 17.2. The number of nitrogens with zero attached hydrogens (tertiary/aromatic N) is 4. The quantitative estimate of drug-likeness (QED) is 0.871. The highest BCUT2D eigenvalue weighted by Crippen LogP contribution is 2.29. The highest BCUT2D eigenvalue weighted by Gasteiger charge is 2.38. The van der Waals surface area contributed by atoms with E-state index in [4.69, 9.17) is 5.11 Å². The van der Waals surface area contributed by atoms with E-state index in [0.29, 0.717) is 5.69 Å². The molecule has 1 atom stereocenters. The smallest absolute Gasteiger partial charge is 0.326 e. The molecule has 1 aromatic carbocycles. The normalized spacial score (nSPS) is 15.2. The van der Waals surface area contributed by atoms with Gasteiger partial charge in [0, 0.05) is 11.6 Å². The van der Waals surface area contributed by atoms with Crippen molar-refractivity contribution >= 4 is 11.9 Å². The molecule has 120 valence electrons. The van der Waals surface area contributed by atoms with Crippen LogP contribution in [0.15, 0.2) is 36.5 Å². The molecule has 1 aromatic heterocycles. The monoisotopic (exact) mass is 314 g/mol. The van der Waals surface area contributed by atoms with Crippen molar-refractivity contribution in [1.29, 1.82) is 0 Å². The molecule has 1 fully saturated rings. The molecule has 1 unspecified atom stereocenters. The van der Waals surface area contributed by atoms with E-state index in [0.717, 1.165) is 18.4 Å². The third-order valence-corrected chi connectivity index (χ3v) is 3.91. The summed E-state index contributed by atoms with van der Waals surface area (Å²) in [7, 11) is 0. The molecule has 0 bridgehead atoms. The van der Waals surface area contributed by atoms with Crippen molar-refractivity contribution in [2.75, 3.05) is 0 Å². The van der Waals surface area contributed by atoms with Crippen LogP contribution < -0.4 is 0 Å². The summed E-state index contributed by atoms with van der Waals surface area (Å²) in [6, 6.07) is 8.76. The molecule has 1 amide bonds. The van der Waals surface area contributed by atoms with Crippen molar-refractivity contribution in [1.82, 2.24) is 19.9 Å². The maximum atomic E-state index is 12.5. The van der Waals surface area contributed by atoms with Gasteiger partial charge in [0.15, 0.2) is 0 Å². The second-order valence-corrected chi connectivity index (χ2v) is 5.71. The maximum absolute atomic E-state index is 12.5. The molecule has 7 heteroatoms. The number of hydrogen-bond acceptors (Lipinski definition) is 4. The minimum atomic E-state index is -0.992. The van der Waals surface area contributed by atoms with Crippen LogP contribution >= 0.6 is 0 Å². The average molecular weight is 314 g/mol.